The second kappa shape index (κ2) is 5.96. The Morgan fingerprint density at radius 2 is 2.21 bits per heavy atom. The molecule has 0 aliphatic carbocycles. The number of hydrogen-bond donors (Lipinski definition) is 1. The fourth-order valence-electron chi connectivity index (χ4n) is 3.69. The zero-order valence-electron chi connectivity index (χ0n) is 13.6. The number of hydrazine groups is 1. The van der Waals surface area contributed by atoms with Gasteiger partial charge in [-0.2, -0.15) is 5.26 Å². The van der Waals surface area contributed by atoms with E-state index in [1.165, 1.54) is 0 Å². The molecule has 2 atom stereocenters. The van der Waals surface area contributed by atoms with Crippen LogP contribution in [0.25, 0.3) is 6.08 Å². The summed E-state index contributed by atoms with van der Waals surface area (Å²) in [7, 11) is 0. The monoisotopic (exact) mass is 324 g/mol. The minimum Gasteiger partial charge on any atom is -0.389 e. The Hall–Kier alpha value is -2.30. The van der Waals surface area contributed by atoms with E-state index < -0.39 is 6.10 Å². The molecule has 7 nitrogen and oxygen atoms in total. The number of hydrogen-bond acceptors (Lipinski definition) is 7. The van der Waals surface area contributed by atoms with Gasteiger partial charge in [-0.15, -0.1) is 0 Å². The average Bonchev–Trinajstić information content (AvgIpc) is 3.19. The van der Waals surface area contributed by atoms with Crippen LogP contribution in [0.3, 0.4) is 0 Å². The highest BCUT2D eigenvalue weighted by Crippen LogP contribution is 2.30. The maximum atomic E-state index is 10.2. The molecule has 124 valence electrons. The van der Waals surface area contributed by atoms with E-state index in [-0.39, 0.29) is 6.17 Å². The summed E-state index contributed by atoms with van der Waals surface area (Å²) in [5.41, 5.74) is 2.67. The van der Waals surface area contributed by atoms with Gasteiger partial charge < -0.3 is 5.11 Å². The lowest BCUT2D eigenvalue weighted by molar-refractivity contribution is 0.101. The van der Waals surface area contributed by atoms with Gasteiger partial charge in [-0.3, -0.25) is 10.0 Å². The molecule has 0 saturated carbocycles. The van der Waals surface area contributed by atoms with Gasteiger partial charge >= 0.3 is 0 Å². The number of aliphatic hydroxyl groups excluding tert-OH is 1. The number of anilines is 1. The van der Waals surface area contributed by atoms with Crippen LogP contribution in [0.15, 0.2) is 22.4 Å². The lowest BCUT2D eigenvalue weighted by atomic mass is 9.95. The van der Waals surface area contributed by atoms with Crippen molar-refractivity contribution >= 4 is 11.8 Å². The van der Waals surface area contributed by atoms with Gasteiger partial charge in [0.1, 0.15) is 5.36 Å². The van der Waals surface area contributed by atoms with E-state index in [1.54, 1.807) is 19.3 Å². The predicted molar refractivity (Wildman–Crippen MR) is 88.1 cm³/mol. The molecule has 1 unspecified atom stereocenters. The molecule has 0 radical (unpaired) electrons. The molecule has 0 amide bonds. The predicted octanol–water partition coefficient (Wildman–Crippen LogP) is 0.373. The Bertz CT molecular complexity index is 832. The number of fused-ring (bicyclic) bond motifs is 3. The van der Waals surface area contributed by atoms with E-state index >= 15 is 0 Å². The van der Waals surface area contributed by atoms with Crippen LogP contribution in [-0.4, -0.2) is 40.5 Å². The molecule has 1 aromatic rings. The number of pyridine rings is 1. The van der Waals surface area contributed by atoms with Gasteiger partial charge in [0.15, 0.2) is 11.7 Å². The normalized spacial score (nSPS) is 24.0. The average molecular weight is 324 g/mol. The Morgan fingerprint density at radius 1 is 1.42 bits per heavy atom. The summed E-state index contributed by atoms with van der Waals surface area (Å²) in [4.78, 5) is 13.3. The van der Waals surface area contributed by atoms with Crippen molar-refractivity contribution in [3.63, 3.8) is 0 Å². The van der Waals surface area contributed by atoms with Crippen molar-refractivity contribution in [1.29, 1.82) is 5.26 Å². The van der Waals surface area contributed by atoms with E-state index in [4.69, 9.17) is 5.26 Å². The summed E-state index contributed by atoms with van der Waals surface area (Å²) in [6, 6.07) is 2.28. The number of nitriles is 1. The van der Waals surface area contributed by atoms with Crippen LogP contribution in [0.4, 0.5) is 5.69 Å². The third-order valence-electron chi connectivity index (χ3n) is 4.94. The summed E-state index contributed by atoms with van der Waals surface area (Å²) in [6.07, 6.45) is 7.11. The molecule has 1 fully saturated rings. The number of rotatable bonds is 3. The zero-order chi connectivity index (χ0) is 16.7. The molecule has 0 bridgehead atoms. The molecule has 1 aromatic heterocycles. The maximum Gasteiger partial charge on any atom is 0.162 e. The summed E-state index contributed by atoms with van der Waals surface area (Å²) >= 11 is 0. The molecular weight excluding hydrogens is 304 g/mol. The third-order valence-corrected chi connectivity index (χ3v) is 4.94. The highest BCUT2D eigenvalue weighted by molar-refractivity contribution is 5.69. The zero-order valence-corrected chi connectivity index (χ0v) is 13.6. The van der Waals surface area contributed by atoms with Crippen molar-refractivity contribution < 1.29 is 5.11 Å². The summed E-state index contributed by atoms with van der Waals surface area (Å²) in [5.74, 6) is 0.466. The highest BCUT2D eigenvalue weighted by Gasteiger charge is 2.37. The number of nitrogens with zero attached hydrogens (tertiary/aromatic N) is 6. The van der Waals surface area contributed by atoms with Gasteiger partial charge in [0.05, 0.1) is 24.1 Å². The van der Waals surface area contributed by atoms with Crippen molar-refractivity contribution in [2.24, 2.45) is 15.9 Å². The first kappa shape index (κ1) is 15.2. The van der Waals surface area contributed by atoms with Crippen LogP contribution in [0.2, 0.25) is 0 Å². The smallest absolute Gasteiger partial charge is 0.162 e. The first-order valence-electron chi connectivity index (χ1n) is 8.39. The topological polar surface area (TPSA) is 88.1 Å². The van der Waals surface area contributed by atoms with Crippen molar-refractivity contribution in [2.45, 2.75) is 38.5 Å². The fourth-order valence-corrected chi connectivity index (χ4v) is 3.69. The van der Waals surface area contributed by atoms with Crippen molar-refractivity contribution in [3.8, 4) is 6.07 Å². The number of piperidine rings is 1. The molecular formula is C17H20N6O. The van der Waals surface area contributed by atoms with E-state index in [0.717, 1.165) is 42.5 Å². The van der Waals surface area contributed by atoms with Gasteiger partial charge in [0.25, 0.3) is 0 Å². The van der Waals surface area contributed by atoms with Crippen molar-refractivity contribution in [3.05, 3.63) is 28.8 Å². The molecule has 4 rings (SSSR count). The van der Waals surface area contributed by atoms with Gasteiger partial charge in [-0.05, 0) is 31.8 Å². The number of aliphatic hydroxyl groups is 1. The Morgan fingerprint density at radius 3 is 2.92 bits per heavy atom. The molecule has 4 heterocycles. The highest BCUT2D eigenvalue weighted by atomic mass is 16.3. The van der Waals surface area contributed by atoms with Crippen molar-refractivity contribution in [1.82, 2.24) is 9.99 Å². The number of aromatic nitrogens is 1. The lowest BCUT2D eigenvalue weighted by Gasteiger charge is -2.42. The molecule has 3 aliphatic heterocycles. The molecule has 3 aliphatic rings. The summed E-state index contributed by atoms with van der Waals surface area (Å²) in [6.45, 7) is 3.49. The molecule has 0 spiro atoms. The fraction of sp³-hybridized carbons (Fsp3) is 0.529. The summed E-state index contributed by atoms with van der Waals surface area (Å²) in [5, 5.41) is 24.3. The van der Waals surface area contributed by atoms with Crippen LogP contribution < -0.4 is 15.9 Å². The van der Waals surface area contributed by atoms with Gasteiger partial charge in [0.2, 0.25) is 0 Å². The SMILES string of the molecule is CC(O)[C@@H]1N=c2cnc3c(c2N1N1CCC(CC#N)CC1)C=CN=3. The van der Waals surface area contributed by atoms with E-state index in [0.29, 0.717) is 17.8 Å². The van der Waals surface area contributed by atoms with Crippen LogP contribution in [0.5, 0.6) is 0 Å². The van der Waals surface area contributed by atoms with Crippen molar-refractivity contribution in [2.75, 3.05) is 18.1 Å². The molecule has 0 aromatic carbocycles. The van der Waals surface area contributed by atoms with E-state index in [1.807, 2.05) is 6.08 Å². The van der Waals surface area contributed by atoms with Crippen LogP contribution >= 0.6 is 0 Å². The van der Waals surface area contributed by atoms with Gasteiger partial charge in [-0.1, -0.05) is 0 Å². The minimum absolute atomic E-state index is 0.338. The first-order chi connectivity index (χ1) is 11.7. The third kappa shape index (κ3) is 2.39. The van der Waals surface area contributed by atoms with Crippen LogP contribution in [0, 0.1) is 17.2 Å². The van der Waals surface area contributed by atoms with Gasteiger partial charge in [0, 0.05) is 31.3 Å². The lowest BCUT2D eigenvalue weighted by Crippen LogP contribution is -2.54. The second-order valence-corrected chi connectivity index (χ2v) is 6.56. The largest absolute Gasteiger partial charge is 0.389 e. The minimum atomic E-state index is -0.591. The first-order valence-corrected chi connectivity index (χ1v) is 8.39. The molecule has 1 N–H and O–H groups in total. The standard InChI is InChI=1S/C17H20N6O/c1-11(24)17-21-14-10-20-16-13(3-7-19-16)15(14)23(17)22-8-4-12(2-6-18)5-9-22/h3,7,10-12,17,24H,2,4-5,8-9H2,1H3/t11?,17-/m1/s1. The molecule has 24 heavy (non-hydrogen) atoms. The van der Waals surface area contributed by atoms with Crippen LogP contribution in [-0.2, 0) is 0 Å². The van der Waals surface area contributed by atoms with Crippen LogP contribution in [0.1, 0.15) is 31.7 Å². The Kier molecular flexibility index (Phi) is 3.79. The van der Waals surface area contributed by atoms with Gasteiger partial charge in [-0.25, -0.2) is 15.0 Å². The quantitative estimate of drug-likeness (QED) is 0.868. The maximum absolute atomic E-state index is 10.2. The van der Waals surface area contributed by atoms with E-state index in [2.05, 4.69) is 31.1 Å². The Balaban J connectivity index is 1.69. The van der Waals surface area contributed by atoms with E-state index in [9.17, 15) is 5.11 Å². The second-order valence-electron chi connectivity index (χ2n) is 6.56. The molecule has 7 heteroatoms. The summed E-state index contributed by atoms with van der Waals surface area (Å²) < 4.78 is 0. The molecule has 1 saturated heterocycles. The Labute approximate surface area is 140 Å².